The van der Waals surface area contributed by atoms with Gasteiger partial charge >= 0.3 is 17.9 Å². The molecule has 0 bridgehead atoms. The predicted molar refractivity (Wildman–Crippen MR) is 307 cm³/mol. The molecule has 408 valence electrons. The lowest BCUT2D eigenvalue weighted by atomic mass is 10.0. The molecule has 0 saturated heterocycles. The molecule has 1 unspecified atom stereocenters. The Morgan fingerprint density at radius 3 is 0.873 bits per heavy atom. The summed E-state index contributed by atoms with van der Waals surface area (Å²) in [5.41, 5.74) is 0. The fourth-order valence-electron chi connectivity index (χ4n) is 8.38. The topological polar surface area (TPSA) is 78.9 Å². The molecule has 1 atom stereocenters. The summed E-state index contributed by atoms with van der Waals surface area (Å²) < 4.78 is 16.8. The van der Waals surface area contributed by atoms with Gasteiger partial charge in [0.05, 0.1) is 0 Å². The van der Waals surface area contributed by atoms with Gasteiger partial charge in [-0.1, -0.05) is 260 Å². The minimum atomic E-state index is -0.781. The highest BCUT2D eigenvalue weighted by molar-refractivity contribution is 5.71. The van der Waals surface area contributed by atoms with Crippen molar-refractivity contribution < 1.29 is 28.6 Å². The molecule has 71 heavy (non-hydrogen) atoms. The van der Waals surface area contributed by atoms with E-state index in [1.807, 2.05) is 0 Å². The molecule has 0 amide bonds. The zero-order valence-corrected chi connectivity index (χ0v) is 46.7. The average molecular weight is 990 g/mol. The summed E-state index contributed by atoms with van der Waals surface area (Å²) in [5.74, 6) is -0.892. The van der Waals surface area contributed by atoms with Gasteiger partial charge in [-0.15, -0.1) is 0 Å². The maximum atomic E-state index is 12.8. The summed E-state index contributed by atoms with van der Waals surface area (Å²) in [6.45, 7) is 6.48. The van der Waals surface area contributed by atoms with Crippen molar-refractivity contribution in [2.45, 2.75) is 297 Å². The lowest BCUT2D eigenvalue weighted by molar-refractivity contribution is -0.167. The Balaban J connectivity index is 4.15. The van der Waals surface area contributed by atoms with E-state index in [2.05, 4.69) is 106 Å². The van der Waals surface area contributed by atoms with Gasteiger partial charge in [-0.25, -0.2) is 0 Å². The van der Waals surface area contributed by atoms with E-state index in [0.717, 1.165) is 116 Å². The van der Waals surface area contributed by atoms with Gasteiger partial charge in [0.25, 0.3) is 0 Å². The molecule has 6 heteroatoms. The molecule has 0 N–H and O–H groups in total. The van der Waals surface area contributed by atoms with Gasteiger partial charge in [-0.05, 0) is 96.3 Å². The second-order valence-electron chi connectivity index (χ2n) is 19.9. The summed E-state index contributed by atoms with van der Waals surface area (Å²) in [6.07, 6.45) is 77.4. The van der Waals surface area contributed by atoms with Gasteiger partial charge in [0.1, 0.15) is 13.2 Å². The third-order valence-electron chi connectivity index (χ3n) is 12.9. The van der Waals surface area contributed by atoms with Crippen LogP contribution in [0.5, 0.6) is 0 Å². The van der Waals surface area contributed by atoms with Crippen LogP contribution in [0.25, 0.3) is 0 Å². The fraction of sp³-hybridized carbons (Fsp3) is 0.738. The Labute approximate surface area is 439 Å². The molecule has 0 aromatic heterocycles. The molecule has 0 heterocycles. The van der Waals surface area contributed by atoms with Gasteiger partial charge in [-0.2, -0.15) is 0 Å². The van der Waals surface area contributed by atoms with Crippen molar-refractivity contribution in [3.05, 3.63) is 85.1 Å². The smallest absolute Gasteiger partial charge is 0.306 e. The molecule has 0 saturated carbocycles. The van der Waals surface area contributed by atoms with Gasteiger partial charge in [0.15, 0.2) is 6.10 Å². The third kappa shape index (κ3) is 57.4. The van der Waals surface area contributed by atoms with Crippen LogP contribution in [0, 0.1) is 0 Å². The van der Waals surface area contributed by atoms with E-state index in [1.165, 1.54) is 135 Å². The maximum Gasteiger partial charge on any atom is 0.306 e. The van der Waals surface area contributed by atoms with Crippen LogP contribution in [-0.2, 0) is 28.6 Å². The Morgan fingerprint density at radius 1 is 0.296 bits per heavy atom. The first-order chi connectivity index (χ1) is 35.0. The molecular formula is C65H112O6. The monoisotopic (exact) mass is 989 g/mol. The number of allylic oxidation sites excluding steroid dienone is 14. The highest BCUT2D eigenvalue weighted by atomic mass is 16.6. The van der Waals surface area contributed by atoms with Crippen molar-refractivity contribution in [3.63, 3.8) is 0 Å². The Bertz CT molecular complexity index is 1370. The van der Waals surface area contributed by atoms with Gasteiger partial charge in [0, 0.05) is 19.3 Å². The van der Waals surface area contributed by atoms with Crippen molar-refractivity contribution >= 4 is 17.9 Å². The summed E-state index contributed by atoms with van der Waals surface area (Å²) in [4.78, 5) is 38.0. The van der Waals surface area contributed by atoms with Crippen LogP contribution >= 0.6 is 0 Å². The van der Waals surface area contributed by atoms with Crippen molar-refractivity contribution in [3.8, 4) is 0 Å². The highest BCUT2D eigenvalue weighted by Gasteiger charge is 2.19. The number of esters is 3. The molecule has 0 aliphatic rings. The quantitative estimate of drug-likeness (QED) is 0.0261. The molecule has 0 fully saturated rings. The van der Waals surface area contributed by atoms with Crippen molar-refractivity contribution in [1.29, 1.82) is 0 Å². The van der Waals surface area contributed by atoms with Gasteiger partial charge in [0.2, 0.25) is 0 Å². The number of ether oxygens (including phenoxy) is 3. The maximum absolute atomic E-state index is 12.8. The van der Waals surface area contributed by atoms with Crippen LogP contribution in [0.15, 0.2) is 85.1 Å². The first-order valence-corrected chi connectivity index (χ1v) is 30.1. The second-order valence-corrected chi connectivity index (χ2v) is 19.9. The second kappa shape index (κ2) is 59.2. The zero-order valence-electron chi connectivity index (χ0n) is 46.7. The Kier molecular flexibility index (Phi) is 56.3. The summed E-state index contributed by atoms with van der Waals surface area (Å²) in [7, 11) is 0. The van der Waals surface area contributed by atoms with E-state index < -0.39 is 6.10 Å². The zero-order chi connectivity index (χ0) is 51.4. The van der Waals surface area contributed by atoms with E-state index >= 15 is 0 Å². The van der Waals surface area contributed by atoms with Crippen LogP contribution in [0.2, 0.25) is 0 Å². The van der Waals surface area contributed by atoms with Crippen LogP contribution in [0.1, 0.15) is 290 Å². The minimum absolute atomic E-state index is 0.0798. The number of carbonyl (C=O) groups is 3. The third-order valence-corrected chi connectivity index (χ3v) is 12.9. The number of hydrogen-bond acceptors (Lipinski definition) is 6. The average Bonchev–Trinajstić information content (AvgIpc) is 3.37. The van der Waals surface area contributed by atoms with E-state index in [4.69, 9.17) is 14.2 Å². The normalized spacial score (nSPS) is 12.7. The van der Waals surface area contributed by atoms with Crippen molar-refractivity contribution in [2.24, 2.45) is 0 Å². The molecule has 0 rings (SSSR count). The lowest BCUT2D eigenvalue weighted by Gasteiger charge is -2.18. The van der Waals surface area contributed by atoms with E-state index in [1.54, 1.807) is 0 Å². The molecule has 0 aliphatic carbocycles. The standard InChI is InChI=1S/C65H112O6/c1-4-7-10-13-16-19-21-23-25-27-28-29-30-31-32-33-34-35-36-37-38-39-41-42-44-46-49-52-55-58-64(67)70-61-62(60-69-63(66)57-54-51-48-18-15-12-9-6-3)71-65(68)59-56-53-50-47-45-43-40-26-24-22-20-17-14-11-8-5-2/h7,10,16,19-20,22-23,25-26,28-29,31-32,40,62H,4-6,8-9,11-15,17-18,21,24,27,30,33-39,41-61H2,1-3H3/b10-7-,19-16-,22-20-,25-23-,29-28-,32-31-,40-26-. The predicted octanol–water partition coefficient (Wildman–Crippen LogP) is 20.3. The van der Waals surface area contributed by atoms with Crippen LogP contribution in [-0.4, -0.2) is 37.2 Å². The molecule has 0 radical (unpaired) electrons. The van der Waals surface area contributed by atoms with Crippen LogP contribution in [0.3, 0.4) is 0 Å². The Hall–Kier alpha value is -3.41. The summed E-state index contributed by atoms with van der Waals surface area (Å²) >= 11 is 0. The van der Waals surface area contributed by atoms with Gasteiger partial charge < -0.3 is 14.2 Å². The van der Waals surface area contributed by atoms with Crippen LogP contribution < -0.4 is 0 Å². The molecule has 0 aromatic rings. The number of carbonyl (C=O) groups excluding carboxylic acids is 3. The number of unbranched alkanes of at least 4 members (excludes halogenated alkanes) is 29. The number of rotatable bonds is 54. The fourth-order valence-corrected chi connectivity index (χ4v) is 8.38. The largest absolute Gasteiger partial charge is 0.462 e. The first-order valence-electron chi connectivity index (χ1n) is 30.1. The molecular weight excluding hydrogens is 877 g/mol. The number of hydrogen-bond donors (Lipinski definition) is 0. The Morgan fingerprint density at radius 2 is 0.549 bits per heavy atom. The first kappa shape index (κ1) is 67.6. The SMILES string of the molecule is CC/C=C\C/C=C\C/C=C\C/C=C\C/C=C\CCCCCCCCCCCCCCCC(=O)OCC(COC(=O)CCCCCCCCCC)OC(=O)CCCCCCC/C=C\C/C=C\CCCCCC. The van der Waals surface area contributed by atoms with Gasteiger partial charge in [-0.3, -0.25) is 14.4 Å². The minimum Gasteiger partial charge on any atom is -0.462 e. The van der Waals surface area contributed by atoms with E-state index in [0.29, 0.717) is 19.3 Å². The molecule has 0 aliphatic heterocycles. The van der Waals surface area contributed by atoms with Crippen LogP contribution in [0.4, 0.5) is 0 Å². The lowest BCUT2D eigenvalue weighted by Crippen LogP contribution is -2.30. The van der Waals surface area contributed by atoms with E-state index in [9.17, 15) is 14.4 Å². The molecule has 0 spiro atoms. The summed E-state index contributed by atoms with van der Waals surface area (Å²) in [6, 6.07) is 0. The van der Waals surface area contributed by atoms with Crippen molar-refractivity contribution in [1.82, 2.24) is 0 Å². The highest BCUT2D eigenvalue weighted by Crippen LogP contribution is 2.16. The van der Waals surface area contributed by atoms with Crippen molar-refractivity contribution in [2.75, 3.05) is 13.2 Å². The summed E-state index contributed by atoms with van der Waals surface area (Å²) in [5, 5.41) is 0. The molecule has 0 aromatic carbocycles. The van der Waals surface area contributed by atoms with E-state index in [-0.39, 0.29) is 31.1 Å². The molecule has 6 nitrogen and oxygen atoms in total.